The summed E-state index contributed by atoms with van der Waals surface area (Å²) in [5, 5.41) is 11.7. The number of Topliss-reactive ketones (excluding diaryl/α,β-unsaturated/α-hetero) is 1. The van der Waals surface area contributed by atoms with Crippen LogP contribution in [0.5, 0.6) is 5.75 Å². The van der Waals surface area contributed by atoms with Gasteiger partial charge in [-0.05, 0) is 42.3 Å². The fourth-order valence-corrected chi connectivity index (χ4v) is 2.41. The second-order valence-electron chi connectivity index (χ2n) is 6.70. The molecule has 2 aromatic carbocycles. The molecule has 0 spiro atoms. The van der Waals surface area contributed by atoms with Gasteiger partial charge in [-0.25, -0.2) is 4.79 Å². The molecule has 0 heterocycles. The van der Waals surface area contributed by atoms with Gasteiger partial charge in [-0.3, -0.25) is 9.59 Å². The maximum Gasteiger partial charge on any atom is 0.344 e. The molecule has 0 bridgehead atoms. The van der Waals surface area contributed by atoms with Crippen molar-refractivity contribution < 1.29 is 23.9 Å². The summed E-state index contributed by atoms with van der Waals surface area (Å²) in [6, 6.07) is 14.8. The van der Waals surface area contributed by atoms with Gasteiger partial charge in [0.25, 0.3) is 0 Å². The van der Waals surface area contributed by atoms with Gasteiger partial charge in [0, 0.05) is 17.7 Å². The van der Waals surface area contributed by atoms with Crippen LogP contribution in [0.25, 0.3) is 0 Å². The van der Waals surface area contributed by atoms with Crippen molar-refractivity contribution in [2.45, 2.75) is 20.3 Å². The Labute approximate surface area is 169 Å². The van der Waals surface area contributed by atoms with E-state index in [0.717, 1.165) is 0 Å². The third-order valence-electron chi connectivity index (χ3n) is 3.80. The number of rotatable bonds is 9. The molecule has 0 aliphatic carbocycles. The predicted octanol–water partition coefficient (Wildman–Crippen LogP) is 3.35. The van der Waals surface area contributed by atoms with Gasteiger partial charge >= 0.3 is 5.97 Å². The Morgan fingerprint density at radius 3 is 2.38 bits per heavy atom. The van der Waals surface area contributed by atoms with Crippen molar-refractivity contribution in [3.05, 3.63) is 59.7 Å². The molecule has 29 heavy (non-hydrogen) atoms. The summed E-state index contributed by atoms with van der Waals surface area (Å²) in [6.07, 6.45) is 0.414. The Morgan fingerprint density at radius 2 is 1.72 bits per heavy atom. The van der Waals surface area contributed by atoms with Crippen LogP contribution in [0.15, 0.2) is 48.5 Å². The number of carbonyl (C=O) groups is 3. The topological polar surface area (TPSA) is 105 Å². The molecule has 0 aliphatic rings. The molecule has 0 unspecified atom stereocenters. The molecule has 150 valence electrons. The highest BCUT2D eigenvalue weighted by Gasteiger charge is 2.12. The van der Waals surface area contributed by atoms with E-state index in [4.69, 9.17) is 14.7 Å². The quantitative estimate of drug-likeness (QED) is 0.516. The number of carbonyl (C=O) groups excluding carboxylic acids is 3. The van der Waals surface area contributed by atoms with E-state index in [0.29, 0.717) is 23.2 Å². The molecule has 1 amide bonds. The van der Waals surface area contributed by atoms with Crippen molar-refractivity contribution in [3.8, 4) is 11.8 Å². The van der Waals surface area contributed by atoms with Crippen molar-refractivity contribution in [2.75, 3.05) is 18.5 Å². The summed E-state index contributed by atoms with van der Waals surface area (Å²) in [6.45, 7) is 3.07. The number of nitriles is 1. The number of benzene rings is 2. The zero-order chi connectivity index (χ0) is 21.2. The van der Waals surface area contributed by atoms with E-state index in [9.17, 15) is 14.4 Å². The summed E-state index contributed by atoms with van der Waals surface area (Å²) in [4.78, 5) is 35.7. The Kier molecular flexibility index (Phi) is 7.92. The molecule has 0 saturated carbocycles. The first kappa shape index (κ1) is 21.6. The average Bonchev–Trinajstić information content (AvgIpc) is 2.70. The molecule has 2 aromatic rings. The average molecular weight is 394 g/mol. The lowest BCUT2D eigenvalue weighted by atomic mass is 10.1. The molecular weight excluding hydrogens is 372 g/mol. The number of hydrogen-bond donors (Lipinski definition) is 1. The van der Waals surface area contributed by atoms with Gasteiger partial charge in [-0.2, -0.15) is 5.26 Å². The van der Waals surface area contributed by atoms with Crippen molar-refractivity contribution in [1.82, 2.24) is 0 Å². The molecule has 0 atom stereocenters. The minimum Gasteiger partial charge on any atom is -0.481 e. The number of anilines is 1. The van der Waals surface area contributed by atoms with Crippen molar-refractivity contribution in [3.63, 3.8) is 0 Å². The Hall–Kier alpha value is -3.66. The Morgan fingerprint density at radius 1 is 1.03 bits per heavy atom. The Balaban J connectivity index is 1.80. The van der Waals surface area contributed by atoms with Gasteiger partial charge in [0.05, 0.1) is 5.56 Å². The number of ketones is 1. The lowest BCUT2D eigenvalue weighted by Gasteiger charge is -2.09. The Bertz CT molecular complexity index is 914. The monoisotopic (exact) mass is 394 g/mol. The first-order chi connectivity index (χ1) is 13.9. The molecule has 1 N–H and O–H groups in total. The number of amides is 1. The fourth-order valence-electron chi connectivity index (χ4n) is 2.41. The zero-order valence-corrected chi connectivity index (χ0v) is 16.3. The molecule has 7 nitrogen and oxygen atoms in total. The molecule has 0 aromatic heterocycles. The predicted molar refractivity (Wildman–Crippen MR) is 106 cm³/mol. The zero-order valence-electron chi connectivity index (χ0n) is 16.3. The highest BCUT2D eigenvalue weighted by Crippen LogP contribution is 2.16. The highest BCUT2D eigenvalue weighted by molar-refractivity contribution is 5.98. The van der Waals surface area contributed by atoms with E-state index in [-0.39, 0.29) is 23.4 Å². The second-order valence-corrected chi connectivity index (χ2v) is 6.70. The number of nitrogens with one attached hydrogen (secondary N) is 1. The van der Waals surface area contributed by atoms with E-state index in [1.54, 1.807) is 48.5 Å². The van der Waals surface area contributed by atoms with Crippen LogP contribution in [0.2, 0.25) is 0 Å². The molecule has 0 aliphatic heterocycles. The molecule has 0 radical (unpaired) electrons. The summed E-state index contributed by atoms with van der Waals surface area (Å²) in [5.74, 6) is -0.665. The van der Waals surface area contributed by atoms with Gasteiger partial charge in [-0.1, -0.05) is 26.0 Å². The van der Waals surface area contributed by atoms with Gasteiger partial charge in [-0.15, -0.1) is 0 Å². The van der Waals surface area contributed by atoms with Crippen LogP contribution in [-0.2, 0) is 14.3 Å². The summed E-state index contributed by atoms with van der Waals surface area (Å²) < 4.78 is 10.2. The number of esters is 1. The third kappa shape index (κ3) is 7.11. The highest BCUT2D eigenvalue weighted by atomic mass is 16.6. The number of para-hydroxylation sites is 1. The summed E-state index contributed by atoms with van der Waals surface area (Å²) in [7, 11) is 0. The maximum absolute atomic E-state index is 12.2. The minimum absolute atomic E-state index is 0.0917. The van der Waals surface area contributed by atoms with E-state index in [1.165, 1.54) is 0 Å². The van der Waals surface area contributed by atoms with Gasteiger partial charge in [0.15, 0.2) is 19.0 Å². The van der Waals surface area contributed by atoms with Crippen LogP contribution >= 0.6 is 0 Å². The first-order valence-corrected chi connectivity index (χ1v) is 9.09. The van der Waals surface area contributed by atoms with E-state index in [2.05, 4.69) is 5.32 Å². The van der Waals surface area contributed by atoms with E-state index >= 15 is 0 Å². The van der Waals surface area contributed by atoms with E-state index in [1.807, 2.05) is 19.9 Å². The fraction of sp³-hybridized carbons (Fsp3) is 0.273. The normalized spacial score (nSPS) is 10.1. The number of ether oxygens (including phenoxy) is 2. The number of nitrogens with zero attached hydrogens (tertiary/aromatic N) is 1. The van der Waals surface area contributed by atoms with Crippen LogP contribution in [-0.4, -0.2) is 30.9 Å². The van der Waals surface area contributed by atoms with Crippen molar-refractivity contribution >= 4 is 23.3 Å². The molecule has 0 fully saturated rings. The van der Waals surface area contributed by atoms with Gasteiger partial charge in [0.2, 0.25) is 5.91 Å². The molecule has 2 rings (SSSR count). The number of hydrogen-bond acceptors (Lipinski definition) is 6. The van der Waals surface area contributed by atoms with Crippen molar-refractivity contribution in [2.24, 2.45) is 5.92 Å². The maximum atomic E-state index is 12.2. The van der Waals surface area contributed by atoms with Gasteiger partial charge < -0.3 is 14.8 Å². The van der Waals surface area contributed by atoms with Crippen LogP contribution < -0.4 is 10.1 Å². The smallest absolute Gasteiger partial charge is 0.344 e. The lowest BCUT2D eigenvalue weighted by Crippen LogP contribution is -2.19. The molecular formula is C22H22N2O5. The SMILES string of the molecule is CC(C)CC(=O)Nc1ccc(C(=O)COC(=O)COc2ccccc2C#N)cc1. The lowest BCUT2D eigenvalue weighted by molar-refractivity contribution is -0.144. The molecule has 0 saturated heterocycles. The van der Waals surface area contributed by atoms with Crippen LogP contribution in [0, 0.1) is 17.2 Å². The van der Waals surface area contributed by atoms with Crippen molar-refractivity contribution in [1.29, 1.82) is 5.26 Å². The second kappa shape index (κ2) is 10.6. The van der Waals surface area contributed by atoms with Crippen LogP contribution in [0.1, 0.15) is 36.2 Å². The summed E-state index contributed by atoms with van der Waals surface area (Å²) in [5.41, 5.74) is 1.25. The largest absolute Gasteiger partial charge is 0.481 e. The molecule has 7 heteroatoms. The first-order valence-electron chi connectivity index (χ1n) is 9.09. The minimum atomic E-state index is -0.719. The van der Waals surface area contributed by atoms with Crippen LogP contribution in [0.4, 0.5) is 5.69 Å². The standard InChI is InChI=1S/C22H22N2O5/c1-15(2)11-21(26)24-18-9-7-16(8-10-18)19(25)13-29-22(27)14-28-20-6-4-3-5-17(20)12-23/h3-10,15H,11,13-14H2,1-2H3,(H,24,26). The third-order valence-corrected chi connectivity index (χ3v) is 3.80. The van der Waals surface area contributed by atoms with Crippen LogP contribution in [0.3, 0.4) is 0 Å². The van der Waals surface area contributed by atoms with E-state index < -0.39 is 19.2 Å². The summed E-state index contributed by atoms with van der Waals surface area (Å²) >= 11 is 0. The van der Waals surface area contributed by atoms with Gasteiger partial charge in [0.1, 0.15) is 11.8 Å².